The number of rotatable bonds is 5. The van der Waals surface area contributed by atoms with Crippen LogP contribution in [0.1, 0.15) is 37.0 Å². The highest BCUT2D eigenvalue weighted by Gasteiger charge is 2.23. The molecule has 0 saturated carbocycles. The fourth-order valence-electron chi connectivity index (χ4n) is 3.42. The van der Waals surface area contributed by atoms with Gasteiger partial charge < -0.3 is 19.4 Å². The molecule has 1 amide bonds. The highest BCUT2D eigenvalue weighted by atomic mass is 16.7. The molecule has 0 bridgehead atoms. The number of ether oxygens (including phenoxy) is 2. The standard InChI is InChI=1S/C18H22N4O3/c1-2-16-20-21-17-7-5-13(10-22(16)17)19-18(23)8-4-12-3-6-14-15(9-12)25-11-24-14/h3,6,9,13H,2,4-5,7-8,10-11H2,1H3,(H,19,23). The SMILES string of the molecule is CCc1nnc2n1CC(NC(=O)CCc1ccc3c(c1)OCO3)CC2. The summed E-state index contributed by atoms with van der Waals surface area (Å²) in [6.07, 6.45) is 3.79. The molecule has 1 N–H and O–H groups in total. The van der Waals surface area contributed by atoms with Crippen molar-refractivity contribution in [1.82, 2.24) is 20.1 Å². The van der Waals surface area contributed by atoms with Gasteiger partial charge in [-0.2, -0.15) is 0 Å². The topological polar surface area (TPSA) is 78.3 Å². The Labute approximate surface area is 146 Å². The molecule has 1 unspecified atom stereocenters. The lowest BCUT2D eigenvalue weighted by atomic mass is 10.1. The third-order valence-corrected chi connectivity index (χ3v) is 4.78. The minimum absolute atomic E-state index is 0.0808. The minimum Gasteiger partial charge on any atom is -0.454 e. The van der Waals surface area contributed by atoms with Gasteiger partial charge in [-0.05, 0) is 30.5 Å². The molecule has 1 aromatic carbocycles. The lowest BCUT2D eigenvalue weighted by Gasteiger charge is -2.25. The van der Waals surface area contributed by atoms with E-state index in [0.717, 1.165) is 54.5 Å². The Morgan fingerprint density at radius 2 is 2.20 bits per heavy atom. The third kappa shape index (κ3) is 3.31. The van der Waals surface area contributed by atoms with Crippen LogP contribution in [0.5, 0.6) is 11.5 Å². The molecule has 0 aliphatic carbocycles. The molecule has 3 heterocycles. The second-order valence-electron chi connectivity index (χ2n) is 6.49. The maximum Gasteiger partial charge on any atom is 0.231 e. The number of nitrogens with zero attached hydrogens (tertiary/aromatic N) is 3. The second-order valence-corrected chi connectivity index (χ2v) is 6.49. The first kappa shape index (κ1) is 15.9. The Morgan fingerprint density at radius 1 is 1.32 bits per heavy atom. The van der Waals surface area contributed by atoms with Crippen LogP contribution in [0.15, 0.2) is 18.2 Å². The van der Waals surface area contributed by atoms with Crippen molar-refractivity contribution in [1.29, 1.82) is 0 Å². The summed E-state index contributed by atoms with van der Waals surface area (Å²) in [6, 6.07) is 5.99. The molecule has 25 heavy (non-hydrogen) atoms. The van der Waals surface area contributed by atoms with Crippen LogP contribution in [0.4, 0.5) is 0 Å². The number of aromatic nitrogens is 3. The predicted octanol–water partition coefficient (Wildman–Crippen LogP) is 1.63. The molecule has 0 saturated heterocycles. The van der Waals surface area contributed by atoms with Crippen LogP contribution in [0, 0.1) is 0 Å². The number of benzene rings is 1. The molecule has 0 fully saturated rings. The number of hydrogen-bond donors (Lipinski definition) is 1. The smallest absolute Gasteiger partial charge is 0.231 e. The summed E-state index contributed by atoms with van der Waals surface area (Å²) >= 11 is 0. The summed E-state index contributed by atoms with van der Waals surface area (Å²) in [7, 11) is 0. The van der Waals surface area contributed by atoms with Crippen molar-refractivity contribution in [2.45, 2.75) is 51.6 Å². The first-order chi connectivity index (χ1) is 12.2. The van der Waals surface area contributed by atoms with Crippen LogP contribution in [0.25, 0.3) is 0 Å². The highest BCUT2D eigenvalue weighted by molar-refractivity contribution is 5.76. The summed E-state index contributed by atoms with van der Waals surface area (Å²) in [5.74, 6) is 3.64. The van der Waals surface area contributed by atoms with Crippen molar-refractivity contribution >= 4 is 5.91 Å². The van der Waals surface area contributed by atoms with Crippen molar-refractivity contribution in [2.24, 2.45) is 0 Å². The fourth-order valence-corrected chi connectivity index (χ4v) is 3.42. The molecule has 1 aromatic heterocycles. The van der Waals surface area contributed by atoms with Crippen molar-refractivity contribution in [3.63, 3.8) is 0 Å². The summed E-state index contributed by atoms with van der Waals surface area (Å²) in [5, 5.41) is 11.6. The van der Waals surface area contributed by atoms with Gasteiger partial charge in [-0.25, -0.2) is 0 Å². The number of aryl methyl sites for hydroxylation is 3. The molecule has 1 atom stereocenters. The van der Waals surface area contributed by atoms with E-state index in [1.807, 2.05) is 18.2 Å². The van der Waals surface area contributed by atoms with Crippen LogP contribution in [-0.4, -0.2) is 33.5 Å². The lowest BCUT2D eigenvalue weighted by molar-refractivity contribution is -0.122. The molecular formula is C18H22N4O3. The molecule has 0 radical (unpaired) electrons. The first-order valence-electron chi connectivity index (χ1n) is 8.81. The lowest BCUT2D eigenvalue weighted by Crippen LogP contribution is -2.41. The number of carbonyl (C=O) groups excluding carboxylic acids is 1. The second kappa shape index (κ2) is 6.74. The van der Waals surface area contributed by atoms with E-state index in [0.29, 0.717) is 12.8 Å². The Kier molecular flexibility index (Phi) is 4.29. The quantitative estimate of drug-likeness (QED) is 0.894. The Morgan fingerprint density at radius 3 is 3.08 bits per heavy atom. The van der Waals surface area contributed by atoms with E-state index in [1.54, 1.807) is 0 Å². The van der Waals surface area contributed by atoms with Gasteiger partial charge in [0.25, 0.3) is 0 Å². The third-order valence-electron chi connectivity index (χ3n) is 4.78. The molecule has 2 aliphatic rings. The summed E-state index contributed by atoms with van der Waals surface area (Å²) in [6.45, 7) is 3.11. The number of nitrogens with one attached hydrogen (secondary N) is 1. The van der Waals surface area contributed by atoms with Crippen LogP contribution in [0.2, 0.25) is 0 Å². The zero-order chi connectivity index (χ0) is 17.2. The van der Waals surface area contributed by atoms with E-state index in [1.165, 1.54) is 0 Å². The number of fused-ring (bicyclic) bond motifs is 2. The van der Waals surface area contributed by atoms with E-state index in [2.05, 4.69) is 27.0 Å². The zero-order valence-corrected chi connectivity index (χ0v) is 14.3. The molecular weight excluding hydrogens is 320 g/mol. The first-order valence-corrected chi connectivity index (χ1v) is 8.81. The molecule has 2 aliphatic heterocycles. The Bertz CT molecular complexity index is 773. The Hall–Kier alpha value is -2.57. The van der Waals surface area contributed by atoms with E-state index in [-0.39, 0.29) is 18.7 Å². The van der Waals surface area contributed by atoms with Gasteiger partial charge >= 0.3 is 0 Å². The van der Waals surface area contributed by atoms with E-state index < -0.39 is 0 Å². The molecule has 2 aromatic rings. The van der Waals surface area contributed by atoms with Gasteiger partial charge in [-0.1, -0.05) is 13.0 Å². The van der Waals surface area contributed by atoms with E-state index in [9.17, 15) is 4.79 Å². The molecule has 7 heteroatoms. The largest absolute Gasteiger partial charge is 0.454 e. The average Bonchev–Trinajstić information content (AvgIpc) is 3.25. The summed E-state index contributed by atoms with van der Waals surface area (Å²) < 4.78 is 12.8. The summed E-state index contributed by atoms with van der Waals surface area (Å²) in [4.78, 5) is 12.3. The van der Waals surface area contributed by atoms with Crippen LogP contribution in [0.3, 0.4) is 0 Å². The van der Waals surface area contributed by atoms with Gasteiger partial charge in [0, 0.05) is 31.8 Å². The number of amides is 1. The molecule has 4 rings (SSSR count). The molecule has 132 valence electrons. The highest BCUT2D eigenvalue weighted by Crippen LogP contribution is 2.32. The molecule has 0 spiro atoms. The fraction of sp³-hybridized carbons (Fsp3) is 0.500. The minimum atomic E-state index is 0.0808. The van der Waals surface area contributed by atoms with Crippen molar-refractivity contribution in [3.05, 3.63) is 35.4 Å². The van der Waals surface area contributed by atoms with Gasteiger partial charge in [0.15, 0.2) is 11.5 Å². The van der Waals surface area contributed by atoms with E-state index >= 15 is 0 Å². The van der Waals surface area contributed by atoms with Crippen molar-refractivity contribution in [2.75, 3.05) is 6.79 Å². The van der Waals surface area contributed by atoms with Crippen molar-refractivity contribution in [3.8, 4) is 11.5 Å². The van der Waals surface area contributed by atoms with Crippen LogP contribution >= 0.6 is 0 Å². The summed E-state index contributed by atoms with van der Waals surface area (Å²) in [5.41, 5.74) is 1.08. The number of hydrogen-bond acceptors (Lipinski definition) is 5. The van der Waals surface area contributed by atoms with Crippen LogP contribution in [-0.2, 0) is 30.6 Å². The van der Waals surface area contributed by atoms with Crippen LogP contribution < -0.4 is 14.8 Å². The maximum absolute atomic E-state index is 12.3. The van der Waals surface area contributed by atoms with Gasteiger partial charge in [0.05, 0.1) is 0 Å². The number of carbonyl (C=O) groups is 1. The van der Waals surface area contributed by atoms with Crippen molar-refractivity contribution < 1.29 is 14.3 Å². The normalized spacial score (nSPS) is 18.0. The Balaban J connectivity index is 1.31. The zero-order valence-electron chi connectivity index (χ0n) is 14.3. The average molecular weight is 342 g/mol. The molecule has 7 nitrogen and oxygen atoms in total. The van der Waals surface area contributed by atoms with Gasteiger partial charge in [0.1, 0.15) is 11.6 Å². The van der Waals surface area contributed by atoms with Gasteiger partial charge in [-0.15, -0.1) is 10.2 Å². The van der Waals surface area contributed by atoms with Gasteiger partial charge in [0.2, 0.25) is 12.7 Å². The van der Waals surface area contributed by atoms with Gasteiger partial charge in [-0.3, -0.25) is 4.79 Å². The maximum atomic E-state index is 12.3. The predicted molar refractivity (Wildman–Crippen MR) is 90.5 cm³/mol. The van der Waals surface area contributed by atoms with E-state index in [4.69, 9.17) is 9.47 Å². The monoisotopic (exact) mass is 342 g/mol.